The van der Waals surface area contributed by atoms with Gasteiger partial charge in [-0.05, 0) is 42.1 Å². The van der Waals surface area contributed by atoms with Gasteiger partial charge in [0.1, 0.15) is 11.5 Å². The van der Waals surface area contributed by atoms with Gasteiger partial charge in [0, 0.05) is 41.9 Å². The Bertz CT molecular complexity index is 1430. The number of hydrogen-bond acceptors (Lipinski definition) is 5. The number of hydrogen-bond donors (Lipinski definition) is 2. The molecule has 10 heteroatoms. The SMILES string of the molecule is C/C(=C\C(=O)N1CCOCC1)c1cccc2c(C3=CC(F)=C(CS(C)(=O)=O)CC3C)c(C(=O)O)[nH]c12. The zero-order valence-corrected chi connectivity index (χ0v) is 21.2. The van der Waals surface area contributed by atoms with Crippen LogP contribution in [0.2, 0.25) is 0 Å². The van der Waals surface area contributed by atoms with Crippen LogP contribution in [-0.2, 0) is 19.4 Å². The summed E-state index contributed by atoms with van der Waals surface area (Å²) in [5.41, 5.74) is 2.82. The minimum Gasteiger partial charge on any atom is -0.477 e. The fourth-order valence-electron chi connectivity index (χ4n) is 4.87. The Morgan fingerprint density at radius 3 is 2.61 bits per heavy atom. The number of allylic oxidation sites excluding steroid dienone is 4. The Kier molecular flexibility index (Phi) is 7.19. The van der Waals surface area contributed by atoms with Gasteiger partial charge < -0.3 is 19.7 Å². The number of nitrogens with zero attached hydrogens (tertiary/aromatic N) is 1. The van der Waals surface area contributed by atoms with Gasteiger partial charge in [0.05, 0.1) is 24.5 Å². The molecule has 1 unspecified atom stereocenters. The largest absolute Gasteiger partial charge is 0.477 e. The van der Waals surface area contributed by atoms with E-state index in [0.29, 0.717) is 59.5 Å². The maximum Gasteiger partial charge on any atom is 0.352 e. The summed E-state index contributed by atoms with van der Waals surface area (Å²) in [6, 6.07) is 5.33. The van der Waals surface area contributed by atoms with E-state index < -0.39 is 21.6 Å². The number of carboxylic acid groups (broad SMARTS) is 1. The Morgan fingerprint density at radius 2 is 1.97 bits per heavy atom. The van der Waals surface area contributed by atoms with Crippen LogP contribution in [0.15, 0.2) is 41.8 Å². The molecule has 1 aliphatic heterocycles. The Labute approximate surface area is 209 Å². The van der Waals surface area contributed by atoms with Gasteiger partial charge in [-0.2, -0.15) is 0 Å². The molecule has 2 N–H and O–H groups in total. The summed E-state index contributed by atoms with van der Waals surface area (Å²) in [6.45, 7) is 5.60. The fourth-order valence-corrected chi connectivity index (χ4v) is 5.75. The predicted molar refractivity (Wildman–Crippen MR) is 136 cm³/mol. The molecule has 4 rings (SSSR count). The van der Waals surface area contributed by atoms with Crippen LogP contribution in [0.5, 0.6) is 0 Å². The highest BCUT2D eigenvalue weighted by Gasteiger charge is 2.29. The molecule has 36 heavy (non-hydrogen) atoms. The van der Waals surface area contributed by atoms with Crippen molar-refractivity contribution in [3.8, 4) is 0 Å². The van der Waals surface area contributed by atoms with Crippen molar-refractivity contribution in [2.24, 2.45) is 5.92 Å². The van der Waals surface area contributed by atoms with Crippen molar-refractivity contribution in [2.45, 2.75) is 20.3 Å². The van der Waals surface area contributed by atoms with Gasteiger partial charge in [-0.3, -0.25) is 4.79 Å². The van der Waals surface area contributed by atoms with E-state index in [-0.39, 0.29) is 35.3 Å². The van der Waals surface area contributed by atoms with Crippen molar-refractivity contribution in [2.75, 3.05) is 38.3 Å². The number of amides is 1. The highest BCUT2D eigenvalue weighted by molar-refractivity contribution is 7.90. The predicted octanol–water partition coefficient (Wildman–Crippen LogP) is 3.82. The molecule has 2 aromatic rings. The van der Waals surface area contributed by atoms with Crippen LogP contribution < -0.4 is 0 Å². The number of benzene rings is 1. The molecule has 1 saturated heterocycles. The van der Waals surface area contributed by atoms with Crippen LogP contribution in [0.4, 0.5) is 4.39 Å². The Hall–Kier alpha value is -3.24. The molecule has 1 amide bonds. The average Bonchev–Trinajstić information content (AvgIpc) is 3.20. The first-order valence-corrected chi connectivity index (χ1v) is 13.7. The normalized spacial score (nSPS) is 19.6. The van der Waals surface area contributed by atoms with Gasteiger partial charge in [0.2, 0.25) is 5.91 Å². The molecule has 1 fully saturated rings. The molecule has 1 aliphatic carbocycles. The number of fused-ring (bicyclic) bond motifs is 1. The number of aromatic amines is 1. The molecule has 1 atom stereocenters. The van der Waals surface area contributed by atoms with E-state index in [1.165, 1.54) is 12.2 Å². The quantitative estimate of drug-likeness (QED) is 0.564. The van der Waals surface area contributed by atoms with Gasteiger partial charge in [-0.1, -0.05) is 25.1 Å². The topological polar surface area (TPSA) is 117 Å². The second-order valence-corrected chi connectivity index (χ2v) is 11.5. The van der Waals surface area contributed by atoms with E-state index >= 15 is 0 Å². The van der Waals surface area contributed by atoms with Crippen LogP contribution in [0.1, 0.15) is 41.9 Å². The number of carboxylic acids is 1. The first-order chi connectivity index (χ1) is 17.0. The smallest absolute Gasteiger partial charge is 0.352 e. The number of para-hydroxylation sites is 1. The minimum absolute atomic E-state index is 0.0813. The second-order valence-electron chi connectivity index (χ2n) is 9.40. The van der Waals surface area contributed by atoms with Crippen LogP contribution in [-0.4, -0.2) is 73.6 Å². The third kappa shape index (κ3) is 5.29. The number of carbonyl (C=O) groups is 2. The van der Waals surface area contributed by atoms with Gasteiger partial charge in [0.15, 0.2) is 9.84 Å². The maximum atomic E-state index is 15.0. The van der Waals surface area contributed by atoms with Crippen molar-refractivity contribution >= 4 is 43.8 Å². The summed E-state index contributed by atoms with van der Waals surface area (Å²) >= 11 is 0. The molecular formula is C26H29FN2O6S. The maximum absolute atomic E-state index is 15.0. The summed E-state index contributed by atoms with van der Waals surface area (Å²) in [5, 5.41) is 10.6. The highest BCUT2D eigenvalue weighted by atomic mass is 32.2. The van der Waals surface area contributed by atoms with E-state index in [2.05, 4.69) is 4.98 Å². The first-order valence-electron chi connectivity index (χ1n) is 11.7. The van der Waals surface area contributed by atoms with Gasteiger partial charge >= 0.3 is 5.97 Å². The number of carbonyl (C=O) groups excluding carboxylic acids is 1. The lowest BCUT2D eigenvalue weighted by atomic mass is 9.83. The molecule has 192 valence electrons. The number of nitrogens with one attached hydrogen (secondary N) is 1. The molecule has 8 nitrogen and oxygen atoms in total. The van der Waals surface area contributed by atoms with Gasteiger partial charge in [-0.25, -0.2) is 17.6 Å². The molecule has 1 aromatic heterocycles. The molecule has 0 saturated carbocycles. The molecule has 2 heterocycles. The van der Waals surface area contributed by atoms with Gasteiger partial charge in [0.25, 0.3) is 0 Å². The van der Waals surface area contributed by atoms with Crippen LogP contribution in [0.25, 0.3) is 22.0 Å². The highest BCUT2D eigenvalue weighted by Crippen LogP contribution is 2.42. The lowest BCUT2D eigenvalue weighted by Gasteiger charge is -2.25. The molecule has 1 aromatic carbocycles. The molecule has 2 aliphatic rings. The van der Waals surface area contributed by atoms with Crippen LogP contribution in [0.3, 0.4) is 0 Å². The zero-order valence-electron chi connectivity index (χ0n) is 20.4. The summed E-state index contributed by atoms with van der Waals surface area (Å²) in [5.74, 6) is -2.67. The molecular weight excluding hydrogens is 487 g/mol. The molecule has 0 bridgehead atoms. The van der Waals surface area contributed by atoms with Crippen molar-refractivity contribution in [1.82, 2.24) is 9.88 Å². The number of sulfone groups is 1. The zero-order chi connectivity index (χ0) is 26.2. The third-order valence-corrected chi connectivity index (χ3v) is 7.44. The van der Waals surface area contributed by atoms with E-state index in [9.17, 15) is 27.5 Å². The van der Waals surface area contributed by atoms with Crippen molar-refractivity contribution < 1.29 is 32.2 Å². The average molecular weight is 517 g/mol. The lowest BCUT2D eigenvalue weighted by molar-refractivity contribution is -0.129. The number of halogens is 1. The summed E-state index contributed by atoms with van der Waals surface area (Å²) in [6.07, 6.45) is 4.01. The fraction of sp³-hybridized carbons (Fsp3) is 0.385. The third-order valence-electron chi connectivity index (χ3n) is 6.56. The summed E-state index contributed by atoms with van der Waals surface area (Å²) < 4.78 is 43.7. The van der Waals surface area contributed by atoms with E-state index in [1.807, 2.05) is 6.92 Å². The number of rotatable bonds is 6. The van der Waals surface area contributed by atoms with E-state index in [1.54, 1.807) is 30.0 Å². The van der Waals surface area contributed by atoms with E-state index in [0.717, 1.165) is 6.26 Å². The number of H-pyrrole nitrogens is 1. The standard InChI is InChI=1S/C26H29FN2O6S/c1-15-11-17(14-36(3,33)34)21(27)13-20(15)23-19-6-4-5-18(24(19)28-25(23)26(31)32)16(2)12-22(30)29-7-9-35-10-8-29/h4-6,12-13,15,28H,7-11,14H2,1-3H3,(H,31,32)/b16-12+. The summed E-state index contributed by atoms with van der Waals surface area (Å²) in [4.78, 5) is 29.6. The first kappa shape index (κ1) is 25.8. The summed E-state index contributed by atoms with van der Waals surface area (Å²) in [7, 11) is -3.41. The van der Waals surface area contributed by atoms with Gasteiger partial charge in [-0.15, -0.1) is 0 Å². The van der Waals surface area contributed by atoms with Crippen molar-refractivity contribution in [3.05, 3.63) is 58.6 Å². The lowest BCUT2D eigenvalue weighted by Crippen LogP contribution is -2.39. The molecule has 0 spiro atoms. The van der Waals surface area contributed by atoms with E-state index in [4.69, 9.17) is 4.74 Å². The number of morpholine rings is 1. The number of aromatic carboxylic acids is 1. The van der Waals surface area contributed by atoms with Crippen molar-refractivity contribution in [3.63, 3.8) is 0 Å². The second kappa shape index (κ2) is 10.0. The monoisotopic (exact) mass is 516 g/mol. The number of ether oxygens (including phenoxy) is 1. The number of aromatic nitrogens is 1. The molecule has 0 radical (unpaired) electrons. The van der Waals surface area contributed by atoms with Crippen LogP contribution in [0, 0.1) is 5.92 Å². The Balaban J connectivity index is 1.82. The van der Waals surface area contributed by atoms with Crippen LogP contribution >= 0.6 is 0 Å². The minimum atomic E-state index is -3.41. The van der Waals surface area contributed by atoms with Crippen molar-refractivity contribution in [1.29, 1.82) is 0 Å². The Morgan fingerprint density at radius 1 is 1.28 bits per heavy atom.